The number of hydrogen-bond donors (Lipinski definition) is 0. The van der Waals surface area contributed by atoms with E-state index in [-0.39, 0.29) is 24.5 Å². The fourth-order valence-corrected chi connectivity index (χ4v) is 4.62. The van der Waals surface area contributed by atoms with Crippen molar-refractivity contribution in [3.05, 3.63) is 97.3 Å². The van der Waals surface area contributed by atoms with E-state index in [2.05, 4.69) is 4.98 Å². The molecule has 10 heteroatoms. The highest BCUT2D eigenvalue weighted by molar-refractivity contribution is 7.15. The summed E-state index contributed by atoms with van der Waals surface area (Å²) in [6.07, 6.45) is 1.81. The van der Waals surface area contributed by atoms with E-state index in [1.54, 1.807) is 29.7 Å². The first-order valence-electron chi connectivity index (χ1n) is 10.6. The molecular formula is C25H19N3O6S. The van der Waals surface area contributed by atoms with Crippen molar-refractivity contribution in [2.45, 2.75) is 0 Å². The van der Waals surface area contributed by atoms with Crippen molar-refractivity contribution < 1.29 is 19.1 Å². The molecule has 0 saturated carbocycles. The molecule has 5 rings (SSSR count). The Hall–Kier alpha value is -4.44. The molecule has 0 saturated heterocycles. The van der Waals surface area contributed by atoms with Gasteiger partial charge in [-0.05, 0) is 48.0 Å². The molecule has 0 bridgehead atoms. The van der Waals surface area contributed by atoms with E-state index in [9.17, 15) is 14.9 Å². The van der Waals surface area contributed by atoms with Crippen molar-refractivity contribution in [2.75, 3.05) is 20.3 Å². The number of para-hydroxylation sites is 2. The molecule has 0 N–H and O–H groups in total. The maximum absolute atomic E-state index is 13.0. The fourth-order valence-electron chi connectivity index (χ4n) is 3.63. The third-order valence-electron chi connectivity index (χ3n) is 5.29. The number of nitro groups is 1. The molecule has 9 nitrogen and oxygen atoms in total. The van der Waals surface area contributed by atoms with Crippen LogP contribution in [0.5, 0.6) is 17.2 Å². The summed E-state index contributed by atoms with van der Waals surface area (Å²) in [6.45, 7) is 0.494. The number of aromatic nitrogens is 2. The predicted octanol–water partition coefficient (Wildman–Crippen LogP) is 3.83. The largest absolute Gasteiger partial charge is 0.493 e. The van der Waals surface area contributed by atoms with Crippen molar-refractivity contribution in [1.29, 1.82) is 0 Å². The van der Waals surface area contributed by atoms with Crippen molar-refractivity contribution in [2.24, 2.45) is 0 Å². The maximum Gasteiger partial charge on any atom is 0.274 e. The number of nitrogens with zero attached hydrogens (tertiary/aromatic N) is 3. The molecule has 2 heterocycles. The van der Waals surface area contributed by atoms with E-state index in [0.717, 1.165) is 16.6 Å². The van der Waals surface area contributed by atoms with Gasteiger partial charge in [-0.25, -0.2) is 9.38 Å². The minimum atomic E-state index is -0.462. The summed E-state index contributed by atoms with van der Waals surface area (Å²) in [5.74, 6) is 1.57. The summed E-state index contributed by atoms with van der Waals surface area (Å²) in [6, 6.07) is 18.8. The van der Waals surface area contributed by atoms with Crippen LogP contribution in [0.25, 0.3) is 22.1 Å². The number of hydrogen-bond acceptors (Lipinski definition) is 8. The van der Waals surface area contributed by atoms with Gasteiger partial charge in [-0.3, -0.25) is 14.9 Å². The normalized spacial score (nSPS) is 11.7. The highest BCUT2D eigenvalue weighted by Crippen LogP contribution is 2.28. The van der Waals surface area contributed by atoms with Crippen molar-refractivity contribution >= 4 is 39.1 Å². The Morgan fingerprint density at radius 2 is 1.80 bits per heavy atom. The van der Waals surface area contributed by atoms with Crippen LogP contribution in [-0.4, -0.2) is 34.6 Å². The number of imidazole rings is 1. The van der Waals surface area contributed by atoms with Gasteiger partial charge in [0.05, 0.1) is 27.6 Å². The Morgan fingerprint density at radius 3 is 2.57 bits per heavy atom. The highest BCUT2D eigenvalue weighted by Gasteiger charge is 2.11. The zero-order valence-electron chi connectivity index (χ0n) is 18.5. The van der Waals surface area contributed by atoms with Crippen molar-refractivity contribution in [3.8, 4) is 17.2 Å². The Morgan fingerprint density at radius 1 is 1.03 bits per heavy atom. The molecule has 0 aliphatic rings. The lowest BCUT2D eigenvalue weighted by molar-refractivity contribution is -0.384. The van der Waals surface area contributed by atoms with E-state index >= 15 is 0 Å². The number of rotatable bonds is 8. The quantitative estimate of drug-likeness (QED) is 0.185. The molecule has 0 amide bonds. The standard InChI is InChI=1S/C25H19N3O6S/c1-32-22-14-16(15-23-24(29)27-20-5-3-2-4-19(20)26-25(27)35-23)6-11-21(22)34-13-12-33-18-9-7-17(8-10-18)28(30)31/h2-11,14-15H,12-13H2,1H3/b23-15+. The predicted molar refractivity (Wildman–Crippen MR) is 133 cm³/mol. The van der Waals surface area contributed by atoms with Crippen LogP contribution in [-0.2, 0) is 0 Å². The Bertz CT molecular complexity index is 1640. The second-order valence-electron chi connectivity index (χ2n) is 7.49. The van der Waals surface area contributed by atoms with Crippen LogP contribution in [0.15, 0.2) is 71.5 Å². The molecule has 0 aliphatic carbocycles. The summed E-state index contributed by atoms with van der Waals surface area (Å²) >= 11 is 1.34. The molecule has 3 aromatic carbocycles. The molecule has 0 atom stereocenters. The van der Waals surface area contributed by atoms with Gasteiger partial charge in [-0.1, -0.05) is 29.5 Å². The average Bonchev–Trinajstić information content (AvgIpc) is 3.38. The van der Waals surface area contributed by atoms with E-state index < -0.39 is 4.92 Å². The SMILES string of the molecule is COc1cc(/C=c2/sc3nc4ccccc4n3c2=O)ccc1OCCOc1ccc([N+](=O)[O-])cc1. The highest BCUT2D eigenvalue weighted by atomic mass is 32.1. The lowest BCUT2D eigenvalue weighted by Crippen LogP contribution is -2.22. The van der Waals surface area contributed by atoms with E-state index in [0.29, 0.717) is 26.7 Å². The number of fused-ring (bicyclic) bond motifs is 3. The topological polar surface area (TPSA) is 105 Å². The van der Waals surface area contributed by atoms with Crippen LogP contribution >= 0.6 is 11.3 Å². The molecular weight excluding hydrogens is 470 g/mol. The molecule has 0 unspecified atom stereocenters. The molecule has 35 heavy (non-hydrogen) atoms. The number of thiazole rings is 1. The Kier molecular flexibility index (Phi) is 6.02. The lowest BCUT2D eigenvalue weighted by atomic mass is 10.2. The zero-order valence-corrected chi connectivity index (χ0v) is 19.4. The zero-order chi connectivity index (χ0) is 24.4. The van der Waals surface area contributed by atoms with E-state index in [1.807, 2.05) is 30.3 Å². The Labute approximate surface area is 202 Å². The second-order valence-corrected chi connectivity index (χ2v) is 8.50. The molecule has 176 valence electrons. The van der Waals surface area contributed by atoms with Crippen LogP contribution in [0.2, 0.25) is 0 Å². The first-order chi connectivity index (χ1) is 17.0. The van der Waals surface area contributed by atoms with Gasteiger partial charge in [0.2, 0.25) is 0 Å². The first-order valence-corrected chi connectivity index (χ1v) is 11.4. The number of methoxy groups -OCH3 is 1. The molecule has 0 radical (unpaired) electrons. The number of ether oxygens (including phenoxy) is 3. The molecule has 0 aliphatic heterocycles. The summed E-state index contributed by atoms with van der Waals surface area (Å²) < 4.78 is 19.0. The lowest BCUT2D eigenvalue weighted by Gasteiger charge is -2.12. The minimum Gasteiger partial charge on any atom is -0.493 e. The van der Waals surface area contributed by atoms with Gasteiger partial charge in [-0.15, -0.1) is 0 Å². The molecule has 0 spiro atoms. The third-order valence-corrected chi connectivity index (χ3v) is 6.26. The Balaban J connectivity index is 1.29. The fraction of sp³-hybridized carbons (Fsp3) is 0.120. The monoisotopic (exact) mass is 489 g/mol. The van der Waals surface area contributed by atoms with Gasteiger partial charge in [0.15, 0.2) is 16.5 Å². The van der Waals surface area contributed by atoms with Crippen LogP contribution in [0.4, 0.5) is 5.69 Å². The van der Waals surface area contributed by atoms with Crippen LogP contribution < -0.4 is 24.3 Å². The van der Waals surface area contributed by atoms with Crippen LogP contribution in [0.1, 0.15) is 5.56 Å². The van der Waals surface area contributed by atoms with Crippen LogP contribution in [0.3, 0.4) is 0 Å². The van der Waals surface area contributed by atoms with Gasteiger partial charge in [0.25, 0.3) is 11.2 Å². The van der Waals surface area contributed by atoms with Crippen molar-refractivity contribution in [1.82, 2.24) is 9.38 Å². The maximum atomic E-state index is 13.0. The molecule has 2 aromatic heterocycles. The van der Waals surface area contributed by atoms with Crippen molar-refractivity contribution in [3.63, 3.8) is 0 Å². The summed E-state index contributed by atoms with van der Waals surface area (Å²) in [5, 5.41) is 10.7. The minimum absolute atomic E-state index is 0.00398. The first kappa shape index (κ1) is 22.4. The van der Waals surface area contributed by atoms with Gasteiger partial charge in [-0.2, -0.15) is 0 Å². The number of non-ortho nitro benzene ring substituents is 1. The van der Waals surface area contributed by atoms with E-state index in [1.165, 1.54) is 35.6 Å². The van der Waals surface area contributed by atoms with Crippen LogP contribution in [0, 0.1) is 10.1 Å². The smallest absolute Gasteiger partial charge is 0.274 e. The average molecular weight is 490 g/mol. The van der Waals surface area contributed by atoms with Gasteiger partial charge in [0, 0.05) is 12.1 Å². The summed E-state index contributed by atoms with van der Waals surface area (Å²) in [5.41, 5.74) is 2.27. The van der Waals surface area contributed by atoms with Gasteiger partial charge >= 0.3 is 0 Å². The summed E-state index contributed by atoms with van der Waals surface area (Å²) in [4.78, 5) is 28.4. The number of benzene rings is 3. The number of nitro benzene ring substituents is 1. The molecule has 5 aromatic rings. The van der Waals surface area contributed by atoms with E-state index in [4.69, 9.17) is 14.2 Å². The second kappa shape index (κ2) is 9.43. The van der Waals surface area contributed by atoms with Gasteiger partial charge in [0.1, 0.15) is 19.0 Å². The van der Waals surface area contributed by atoms with Gasteiger partial charge < -0.3 is 14.2 Å². The molecule has 0 fully saturated rings. The third kappa shape index (κ3) is 4.51. The summed E-state index contributed by atoms with van der Waals surface area (Å²) in [7, 11) is 1.55.